The number of hydrogen-bond acceptors (Lipinski definition) is 2. The molecule has 0 aliphatic heterocycles. The second kappa shape index (κ2) is 7.56. The van der Waals surface area contributed by atoms with E-state index in [4.69, 9.17) is 0 Å². The average molecular weight is 397 g/mol. The Morgan fingerprint density at radius 1 is 1.10 bits per heavy atom. The minimum atomic E-state index is 0.904. The summed E-state index contributed by atoms with van der Waals surface area (Å²) in [6.07, 6.45) is 17.9. The van der Waals surface area contributed by atoms with E-state index in [0.29, 0.717) is 0 Å². The van der Waals surface area contributed by atoms with Gasteiger partial charge in [0.15, 0.2) is 5.65 Å². The predicted octanol–water partition coefficient (Wildman–Crippen LogP) is 5.02. The van der Waals surface area contributed by atoms with Crippen molar-refractivity contribution < 1.29 is 0 Å². The molecule has 1 saturated carbocycles. The molecule has 21 heavy (non-hydrogen) atoms. The van der Waals surface area contributed by atoms with E-state index < -0.39 is 0 Å². The molecular formula is C17H24IN3. The molecule has 0 bridgehead atoms. The summed E-state index contributed by atoms with van der Waals surface area (Å²) in [5, 5.41) is 4.42. The third-order valence-corrected chi connectivity index (χ3v) is 5.31. The van der Waals surface area contributed by atoms with Gasteiger partial charge in [0, 0.05) is 11.8 Å². The SMILES string of the molecule is Ic1ccn2ncc(CCC3CCCCCCCC3)c2n1. The van der Waals surface area contributed by atoms with E-state index in [-0.39, 0.29) is 0 Å². The number of nitrogens with zero attached hydrogens (tertiary/aromatic N) is 3. The van der Waals surface area contributed by atoms with Crippen molar-refractivity contribution in [3.63, 3.8) is 0 Å². The Balaban J connectivity index is 1.63. The molecule has 1 aliphatic rings. The highest BCUT2D eigenvalue weighted by atomic mass is 127. The van der Waals surface area contributed by atoms with E-state index in [9.17, 15) is 0 Å². The average Bonchev–Trinajstić information content (AvgIpc) is 2.93. The molecule has 2 aromatic rings. The maximum Gasteiger partial charge on any atom is 0.159 e. The van der Waals surface area contributed by atoms with Crippen molar-refractivity contribution in [3.8, 4) is 0 Å². The summed E-state index contributed by atoms with van der Waals surface area (Å²) in [6, 6.07) is 2.00. The van der Waals surface area contributed by atoms with Crippen LogP contribution in [-0.2, 0) is 6.42 Å². The fourth-order valence-electron chi connectivity index (χ4n) is 3.44. The normalized spacial score (nSPS) is 18.3. The van der Waals surface area contributed by atoms with Crippen LogP contribution in [0.2, 0.25) is 0 Å². The Bertz CT molecular complexity index is 568. The summed E-state index contributed by atoms with van der Waals surface area (Å²) in [5.74, 6) is 0.904. The summed E-state index contributed by atoms with van der Waals surface area (Å²) in [5.41, 5.74) is 2.36. The first-order valence-corrected chi connectivity index (χ1v) is 9.39. The van der Waals surface area contributed by atoms with Crippen molar-refractivity contribution >= 4 is 28.2 Å². The van der Waals surface area contributed by atoms with Gasteiger partial charge >= 0.3 is 0 Å². The standard InChI is InChI=1S/C17H24IN3/c18-16-11-12-21-17(20-16)15(13-19-21)10-9-14-7-5-3-1-2-4-6-8-14/h11-14H,1-10H2. The van der Waals surface area contributed by atoms with Gasteiger partial charge in [0.2, 0.25) is 0 Å². The van der Waals surface area contributed by atoms with E-state index in [0.717, 1.165) is 21.7 Å². The van der Waals surface area contributed by atoms with Gasteiger partial charge < -0.3 is 0 Å². The molecule has 4 heteroatoms. The van der Waals surface area contributed by atoms with Crippen LogP contribution in [0.15, 0.2) is 18.5 Å². The lowest BCUT2D eigenvalue weighted by Crippen LogP contribution is -2.03. The quantitative estimate of drug-likeness (QED) is 0.538. The molecule has 2 heterocycles. The van der Waals surface area contributed by atoms with Gasteiger partial charge in [-0.3, -0.25) is 0 Å². The zero-order valence-corrected chi connectivity index (χ0v) is 14.8. The molecule has 0 amide bonds. The Kier molecular flexibility index (Phi) is 5.49. The van der Waals surface area contributed by atoms with Gasteiger partial charge in [-0.05, 0) is 47.4 Å². The van der Waals surface area contributed by atoms with Crippen molar-refractivity contribution in [3.05, 3.63) is 27.7 Å². The number of aromatic nitrogens is 3. The van der Waals surface area contributed by atoms with Crippen LogP contribution in [0, 0.1) is 9.62 Å². The Morgan fingerprint density at radius 2 is 1.81 bits per heavy atom. The van der Waals surface area contributed by atoms with E-state index in [1.54, 1.807) is 0 Å². The summed E-state index contributed by atoms with van der Waals surface area (Å²) < 4.78 is 2.95. The van der Waals surface area contributed by atoms with Gasteiger partial charge in [-0.25, -0.2) is 9.50 Å². The molecule has 0 aromatic carbocycles. The third-order valence-electron chi connectivity index (χ3n) is 4.70. The molecule has 1 fully saturated rings. The van der Waals surface area contributed by atoms with Crippen molar-refractivity contribution in [2.75, 3.05) is 0 Å². The van der Waals surface area contributed by atoms with Crippen LogP contribution in [0.5, 0.6) is 0 Å². The molecule has 0 N–H and O–H groups in total. The summed E-state index contributed by atoms with van der Waals surface area (Å²) >= 11 is 2.28. The van der Waals surface area contributed by atoms with Crippen LogP contribution in [0.3, 0.4) is 0 Å². The van der Waals surface area contributed by atoms with Crippen LogP contribution in [0.1, 0.15) is 63.4 Å². The monoisotopic (exact) mass is 397 g/mol. The van der Waals surface area contributed by atoms with Gasteiger partial charge in [-0.1, -0.05) is 51.4 Å². The zero-order valence-electron chi connectivity index (χ0n) is 12.6. The molecule has 3 nitrogen and oxygen atoms in total. The van der Waals surface area contributed by atoms with Crippen LogP contribution < -0.4 is 0 Å². The summed E-state index contributed by atoms with van der Waals surface area (Å²) in [7, 11) is 0. The molecule has 0 unspecified atom stereocenters. The fraction of sp³-hybridized carbons (Fsp3) is 0.647. The lowest BCUT2D eigenvalue weighted by atomic mass is 9.91. The molecule has 0 saturated heterocycles. The van der Waals surface area contributed by atoms with Crippen LogP contribution in [0.25, 0.3) is 5.65 Å². The second-order valence-corrected chi connectivity index (χ2v) is 7.40. The van der Waals surface area contributed by atoms with Gasteiger partial charge in [-0.15, -0.1) is 0 Å². The molecule has 2 aromatic heterocycles. The fourth-order valence-corrected chi connectivity index (χ4v) is 3.83. The molecule has 0 atom stereocenters. The number of halogens is 1. The number of aryl methyl sites for hydroxylation is 1. The van der Waals surface area contributed by atoms with E-state index in [1.165, 1.54) is 63.4 Å². The summed E-state index contributed by atoms with van der Waals surface area (Å²) in [4.78, 5) is 4.63. The lowest BCUT2D eigenvalue weighted by molar-refractivity contribution is 0.401. The first-order valence-electron chi connectivity index (χ1n) is 8.32. The predicted molar refractivity (Wildman–Crippen MR) is 94.5 cm³/mol. The van der Waals surface area contributed by atoms with Crippen LogP contribution in [0.4, 0.5) is 0 Å². The Morgan fingerprint density at radius 3 is 2.57 bits per heavy atom. The first kappa shape index (κ1) is 15.3. The molecule has 114 valence electrons. The highest BCUT2D eigenvalue weighted by Gasteiger charge is 2.13. The Hall–Kier alpha value is -0.650. The molecule has 1 aliphatic carbocycles. The lowest BCUT2D eigenvalue weighted by Gasteiger charge is -2.15. The van der Waals surface area contributed by atoms with Gasteiger partial charge in [0.05, 0.1) is 6.20 Å². The van der Waals surface area contributed by atoms with E-state index in [1.807, 2.05) is 23.0 Å². The van der Waals surface area contributed by atoms with Crippen molar-refractivity contribution in [2.45, 2.75) is 64.2 Å². The third kappa shape index (κ3) is 4.18. The van der Waals surface area contributed by atoms with E-state index >= 15 is 0 Å². The minimum absolute atomic E-state index is 0.904. The van der Waals surface area contributed by atoms with Crippen LogP contribution in [-0.4, -0.2) is 14.6 Å². The maximum absolute atomic E-state index is 4.63. The molecule has 0 radical (unpaired) electrons. The largest absolute Gasteiger partial charge is 0.222 e. The minimum Gasteiger partial charge on any atom is -0.222 e. The maximum atomic E-state index is 4.63. The van der Waals surface area contributed by atoms with Crippen LogP contribution >= 0.6 is 22.6 Å². The number of hydrogen-bond donors (Lipinski definition) is 0. The molecule has 3 rings (SSSR count). The van der Waals surface area contributed by atoms with Gasteiger partial charge in [0.25, 0.3) is 0 Å². The highest BCUT2D eigenvalue weighted by Crippen LogP contribution is 2.26. The van der Waals surface area contributed by atoms with Gasteiger partial charge in [0.1, 0.15) is 3.70 Å². The van der Waals surface area contributed by atoms with Crippen molar-refractivity contribution in [2.24, 2.45) is 5.92 Å². The van der Waals surface area contributed by atoms with Gasteiger partial charge in [-0.2, -0.15) is 5.10 Å². The number of rotatable bonds is 3. The Labute approximate surface area is 140 Å². The topological polar surface area (TPSA) is 30.2 Å². The summed E-state index contributed by atoms with van der Waals surface area (Å²) in [6.45, 7) is 0. The smallest absolute Gasteiger partial charge is 0.159 e. The number of fused-ring (bicyclic) bond motifs is 1. The highest BCUT2D eigenvalue weighted by molar-refractivity contribution is 14.1. The molecular weight excluding hydrogens is 373 g/mol. The van der Waals surface area contributed by atoms with E-state index in [2.05, 4.69) is 32.7 Å². The first-order chi connectivity index (χ1) is 10.3. The second-order valence-electron chi connectivity index (χ2n) is 6.29. The van der Waals surface area contributed by atoms with Crippen molar-refractivity contribution in [1.29, 1.82) is 0 Å². The molecule has 0 spiro atoms. The van der Waals surface area contributed by atoms with Crippen molar-refractivity contribution in [1.82, 2.24) is 14.6 Å². The zero-order chi connectivity index (χ0) is 14.5.